The molecular formula is C21H25N3O. The molecule has 25 heavy (non-hydrogen) atoms. The van der Waals surface area contributed by atoms with Gasteiger partial charge in [-0.15, -0.1) is 0 Å². The highest BCUT2D eigenvalue weighted by Gasteiger charge is 2.19. The number of aromatic nitrogens is 1. The predicted molar refractivity (Wildman–Crippen MR) is 101 cm³/mol. The van der Waals surface area contributed by atoms with Crippen molar-refractivity contribution < 1.29 is 4.79 Å². The lowest BCUT2D eigenvalue weighted by Crippen LogP contribution is -2.30. The zero-order valence-electron chi connectivity index (χ0n) is 15.1. The second-order valence-electron chi connectivity index (χ2n) is 7.03. The first-order valence-electron chi connectivity index (χ1n) is 8.88. The number of ketones is 1. The summed E-state index contributed by atoms with van der Waals surface area (Å²) in [6.07, 6.45) is 2.77. The maximum atomic E-state index is 12.4. The number of aliphatic imine (C=N–C) groups is 1. The third-order valence-electron chi connectivity index (χ3n) is 4.42. The van der Waals surface area contributed by atoms with Crippen molar-refractivity contribution in [2.75, 3.05) is 0 Å². The van der Waals surface area contributed by atoms with Crippen molar-refractivity contribution in [3.63, 3.8) is 0 Å². The molecule has 3 rings (SSSR count). The van der Waals surface area contributed by atoms with Gasteiger partial charge in [-0.3, -0.25) is 14.8 Å². The minimum atomic E-state index is 0.225. The van der Waals surface area contributed by atoms with E-state index in [-0.39, 0.29) is 11.7 Å². The fourth-order valence-corrected chi connectivity index (χ4v) is 3.15. The summed E-state index contributed by atoms with van der Waals surface area (Å²) in [6, 6.07) is 12.5. The van der Waals surface area contributed by atoms with Crippen molar-refractivity contribution in [3.05, 3.63) is 65.0 Å². The van der Waals surface area contributed by atoms with Crippen LogP contribution in [0.25, 0.3) is 0 Å². The molecule has 0 fully saturated rings. The summed E-state index contributed by atoms with van der Waals surface area (Å²) in [7, 11) is 0. The summed E-state index contributed by atoms with van der Waals surface area (Å²) in [6.45, 7) is 6.94. The first-order chi connectivity index (χ1) is 12.0. The molecule has 1 aliphatic heterocycles. The monoisotopic (exact) mass is 335 g/mol. The number of pyridine rings is 1. The zero-order chi connectivity index (χ0) is 17.8. The molecule has 1 aromatic carbocycles. The number of fused-ring (bicyclic) bond motifs is 1. The normalized spacial score (nSPS) is 14.2. The fourth-order valence-electron chi connectivity index (χ4n) is 3.15. The Morgan fingerprint density at radius 3 is 2.68 bits per heavy atom. The molecule has 1 aromatic heterocycles. The maximum Gasteiger partial charge on any atom is 0.139 e. The van der Waals surface area contributed by atoms with E-state index in [0.29, 0.717) is 25.4 Å². The molecule has 0 bridgehead atoms. The number of carbonyl (C=O) groups excluding carboxylic acids is 1. The molecule has 1 aliphatic rings. The van der Waals surface area contributed by atoms with Crippen LogP contribution in [-0.4, -0.2) is 22.6 Å². The number of Topliss-reactive ketones (excluding diaryl/α,β-unsaturated/α-hetero) is 1. The summed E-state index contributed by atoms with van der Waals surface area (Å²) in [5.74, 6) is 1.37. The van der Waals surface area contributed by atoms with Gasteiger partial charge >= 0.3 is 0 Å². The second-order valence-corrected chi connectivity index (χ2v) is 7.03. The number of nitrogens with zero attached hydrogens (tertiary/aromatic N) is 2. The quantitative estimate of drug-likeness (QED) is 0.877. The van der Waals surface area contributed by atoms with Crippen LogP contribution in [0.3, 0.4) is 0 Å². The molecule has 0 radical (unpaired) electrons. The molecule has 0 unspecified atom stereocenters. The SMILES string of the molecule is CC(C)NC1=NCc2cc(CC(=O)C[C@H](C)c3ccccc3)ncc21. The van der Waals surface area contributed by atoms with Gasteiger partial charge in [0.15, 0.2) is 0 Å². The minimum absolute atomic E-state index is 0.225. The van der Waals surface area contributed by atoms with Crippen LogP contribution in [-0.2, 0) is 17.8 Å². The molecule has 2 aromatic rings. The van der Waals surface area contributed by atoms with Crippen LogP contribution in [0.1, 0.15) is 55.5 Å². The number of amidine groups is 1. The van der Waals surface area contributed by atoms with E-state index in [4.69, 9.17) is 0 Å². The molecule has 0 spiro atoms. The molecule has 0 aliphatic carbocycles. The third kappa shape index (κ3) is 4.32. The zero-order valence-corrected chi connectivity index (χ0v) is 15.1. The Balaban J connectivity index is 1.62. The number of benzene rings is 1. The fraction of sp³-hybridized carbons (Fsp3) is 0.381. The second kappa shape index (κ2) is 7.60. The van der Waals surface area contributed by atoms with Crippen LogP contribution in [0, 0.1) is 0 Å². The summed E-state index contributed by atoms with van der Waals surface area (Å²) >= 11 is 0. The van der Waals surface area contributed by atoms with Gasteiger partial charge in [0.25, 0.3) is 0 Å². The number of carbonyl (C=O) groups is 1. The standard InChI is InChI=1S/C21H25N3O/c1-14(2)24-21-20-13-22-18(10-17(20)12-23-21)11-19(25)9-15(3)16-7-5-4-6-8-16/h4-8,10,13-15H,9,11-12H2,1-3H3,(H,23,24)/t15-/m0/s1. The van der Waals surface area contributed by atoms with E-state index in [1.807, 2.05) is 30.5 Å². The van der Waals surface area contributed by atoms with Gasteiger partial charge in [0.1, 0.15) is 11.6 Å². The Morgan fingerprint density at radius 1 is 1.20 bits per heavy atom. The molecule has 1 atom stereocenters. The molecule has 0 saturated heterocycles. The van der Waals surface area contributed by atoms with Crippen molar-refractivity contribution in [1.82, 2.24) is 10.3 Å². The van der Waals surface area contributed by atoms with Gasteiger partial charge in [-0.1, -0.05) is 37.3 Å². The number of nitrogens with one attached hydrogen (secondary N) is 1. The summed E-state index contributed by atoms with van der Waals surface area (Å²) in [5, 5.41) is 3.35. The van der Waals surface area contributed by atoms with E-state index in [1.54, 1.807) is 0 Å². The molecule has 1 N–H and O–H groups in total. The lowest BCUT2D eigenvalue weighted by atomic mass is 9.94. The Labute approximate surface area is 149 Å². The van der Waals surface area contributed by atoms with Gasteiger partial charge in [0, 0.05) is 36.3 Å². The minimum Gasteiger partial charge on any atom is -0.368 e. The van der Waals surface area contributed by atoms with E-state index < -0.39 is 0 Å². The molecule has 0 saturated carbocycles. The van der Waals surface area contributed by atoms with Gasteiger partial charge in [0.2, 0.25) is 0 Å². The van der Waals surface area contributed by atoms with E-state index in [0.717, 1.165) is 22.7 Å². The van der Waals surface area contributed by atoms with Crippen LogP contribution in [0.5, 0.6) is 0 Å². The summed E-state index contributed by atoms with van der Waals surface area (Å²) in [5.41, 5.74) is 4.25. The first kappa shape index (κ1) is 17.3. The van der Waals surface area contributed by atoms with Crippen molar-refractivity contribution in [3.8, 4) is 0 Å². The molecule has 2 heterocycles. The lowest BCUT2D eigenvalue weighted by molar-refractivity contribution is -0.118. The van der Waals surface area contributed by atoms with E-state index in [1.165, 1.54) is 5.56 Å². The highest BCUT2D eigenvalue weighted by molar-refractivity contribution is 6.01. The van der Waals surface area contributed by atoms with Crippen LogP contribution >= 0.6 is 0 Å². The molecular weight excluding hydrogens is 310 g/mol. The average Bonchev–Trinajstić information content (AvgIpc) is 2.97. The lowest BCUT2D eigenvalue weighted by Gasteiger charge is -2.12. The first-order valence-corrected chi connectivity index (χ1v) is 8.88. The highest BCUT2D eigenvalue weighted by Crippen LogP contribution is 2.21. The predicted octanol–water partition coefficient (Wildman–Crippen LogP) is 3.65. The van der Waals surface area contributed by atoms with Crippen LogP contribution in [0.15, 0.2) is 47.6 Å². The van der Waals surface area contributed by atoms with Crippen molar-refractivity contribution >= 4 is 11.6 Å². The van der Waals surface area contributed by atoms with Gasteiger partial charge in [-0.25, -0.2) is 0 Å². The largest absolute Gasteiger partial charge is 0.368 e. The average molecular weight is 335 g/mol. The van der Waals surface area contributed by atoms with E-state index >= 15 is 0 Å². The third-order valence-corrected chi connectivity index (χ3v) is 4.42. The Hall–Kier alpha value is -2.49. The van der Waals surface area contributed by atoms with Crippen LogP contribution < -0.4 is 5.32 Å². The number of hydrogen-bond donors (Lipinski definition) is 1. The van der Waals surface area contributed by atoms with Crippen LogP contribution in [0.4, 0.5) is 0 Å². The van der Waals surface area contributed by atoms with Crippen molar-refractivity contribution in [1.29, 1.82) is 0 Å². The summed E-state index contributed by atoms with van der Waals surface area (Å²) in [4.78, 5) is 21.4. The van der Waals surface area contributed by atoms with Gasteiger partial charge in [-0.05, 0) is 37.0 Å². The van der Waals surface area contributed by atoms with Crippen LogP contribution in [0.2, 0.25) is 0 Å². The molecule has 4 heteroatoms. The van der Waals surface area contributed by atoms with E-state index in [9.17, 15) is 4.79 Å². The number of hydrogen-bond acceptors (Lipinski definition) is 4. The molecule has 130 valence electrons. The smallest absolute Gasteiger partial charge is 0.139 e. The Bertz CT molecular complexity index is 781. The van der Waals surface area contributed by atoms with E-state index in [2.05, 4.69) is 48.2 Å². The van der Waals surface area contributed by atoms with Gasteiger partial charge in [0.05, 0.1) is 6.54 Å². The van der Waals surface area contributed by atoms with Crippen molar-refractivity contribution in [2.24, 2.45) is 4.99 Å². The molecule has 4 nitrogen and oxygen atoms in total. The number of rotatable bonds is 6. The Kier molecular flexibility index (Phi) is 5.27. The highest BCUT2D eigenvalue weighted by atomic mass is 16.1. The summed E-state index contributed by atoms with van der Waals surface area (Å²) < 4.78 is 0. The topological polar surface area (TPSA) is 54.4 Å². The van der Waals surface area contributed by atoms with Gasteiger partial charge < -0.3 is 5.32 Å². The van der Waals surface area contributed by atoms with Crippen molar-refractivity contribution in [2.45, 2.75) is 52.1 Å². The van der Waals surface area contributed by atoms with Gasteiger partial charge in [-0.2, -0.15) is 0 Å². The maximum absolute atomic E-state index is 12.4. The Morgan fingerprint density at radius 2 is 1.96 bits per heavy atom. The molecule has 0 amide bonds.